The molecule has 92 valence electrons. The van der Waals surface area contributed by atoms with Crippen LogP contribution in [0.2, 0.25) is 0 Å². The summed E-state index contributed by atoms with van der Waals surface area (Å²) in [4.78, 5) is 7.52. The molecule has 0 aliphatic carbocycles. The number of aromatic nitrogens is 2. The molecule has 1 atom stereocenters. The minimum atomic E-state index is 0.557. The topological polar surface area (TPSA) is 40.7 Å². The van der Waals surface area contributed by atoms with E-state index in [9.17, 15) is 0 Å². The Bertz CT molecular complexity index is 252. The summed E-state index contributed by atoms with van der Waals surface area (Å²) in [5, 5.41) is 3.65. The molecule has 1 aromatic heterocycles. The summed E-state index contributed by atoms with van der Waals surface area (Å²) in [6.07, 6.45) is 8.41. The number of hydrogen-bond acceptors (Lipinski definition) is 2. The second-order valence-corrected chi connectivity index (χ2v) is 4.38. The number of aromatic amines is 1. The van der Waals surface area contributed by atoms with Crippen LogP contribution in [0.5, 0.6) is 0 Å². The zero-order valence-corrected chi connectivity index (χ0v) is 10.8. The zero-order chi connectivity index (χ0) is 11.8. The molecule has 3 nitrogen and oxygen atoms in total. The first-order valence-corrected chi connectivity index (χ1v) is 6.53. The third kappa shape index (κ3) is 3.97. The molecule has 0 radical (unpaired) electrons. The number of nitrogens with zero attached hydrogens (tertiary/aromatic N) is 1. The summed E-state index contributed by atoms with van der Waals surface area (Å²) in [5.74, 6) is 1.84. The Morgan fingerprint density at radius 3 is 2.56 bits per heavy atom. The van der Waals surface area contributed by atoms with Crippen molar-refractivity contribution in [2.45, 2.75) is 52.5 Å². The third-order valence-corrected chi connectivity index (χ3v) is 3.24. The molecule has 0 saturated carbocycles. The largest absolute Gasteiger partial charge is 0.349 e. The van der Waals surface area contributed by atoms with Gasteiger partial charge in [0.25, 0.3) is 0 Å². The molecular formula is C13H25N3. The molecule has 0 spiro atoms. The summed E-state index contributed by atoms with van der Waals surface area (Å²) in [5.41, 5.74) is 0. The lowest BCUT2D eigenvalue weighted by molar-refractivity contribution is 0.328. The van der Waals surface area contributed by atoms with E-state index in [1.165, 1.54) is 19.3 Å². The lowest BCUT2D eigenvalue weighted by Gasteiger charge is -2.25. The maximum absolute atomic E-state index is 4.32. The van der Waals surface area contributed by atoms with Crippen molar-refractivity contribution < 1.29 is 0 Å². The van der Waals surface area contributed by atoms with E-state index in [-0.39, 0.29) is 0 Å². The molecule has 3 heteroatoms. The fraction of sp³-hybridized carbons (Fsp3) is 0.769. The van der Waals surface area contributed by atoms with Gasteiger partial charge in [0.05, 0.1) is 0 Å². The van der Waals surface area contributed by atoms with Crippen LogP contribution >= 0.6 is 0 Å². The molecule has 1 rings (SSSR count). The fourth-order valence-electron chi connectivity index (χ4n) is 2.21. The molecular weight excluding hydrogens is 198 g/mol. The number of H-pyrrole nitrogens is 1. The number of rotatable bonds is 8. The molecule has 0 saturated heterocycles. The van der Waals surface area contributed by atoms with Gasteiger partial charge in [-0.15, -0.1) is 0 Å². The average Bonchev–Trinajstić information content (AvgIpc) is 2.80. The Morgan fingerprint density at radius 2 is 2.06 bits per heavy atom. The smallest absolute Gasteiger partial charge is 0.107 e. The van der Waals surface area contributed by atoms with Gasteiger partial charge < -0.3 is 10.3 Å². The molecule has 0 aliphatic rings. The highest BCUT2D eigenvalue weighted by atomic mass is 14.9. The Hall–Kier alpha value is -0.830. The minimum absolute atomic E-state index is 0.557. The van der Waals surface area contributed by atoms with Crippen molar-refractivity contribution in [2.75, 3.05) is 6.54 Å². The maximum Gasteiger partial charge on any atom is 0.107 e. The van der Waals surface area contributed by atoms with E-state index in [0.717, 1.165) is 24.7 Å². The molecule has 2 N–H and O–H groups in total. The Balaban J connectivity index is 2.55. The summed E-state index contributed by atoms with van der Waals surface area (Å²) in [6, 6.07) is 0.557. The fourth-order valence-corrected chi connectivity index (χ4v) is 2.21. The summed E-state index contributed by atoms with van der Waals surface area (Å²) in [6.45, 7) is 7.86. The van der Waals surface area contributed by atoms with Crippen molar-refractivity contribution in [2.24, 2.45) is 5.92 Å². The van der Waals surface area contributed by atoms with Crippen LogP contribution in [0.1, 0.15) is 45.9 Å². The highest BCUT2D eigenvalue weighted by Crippen LogP contribution is 2.16. The van der Waals surface area contributed by atoms with Crippen molar-refractivity contribution in [1.29, 1.82) is 0 Å². The normalized spacial score (nSPS) is 13.2. The van der Waals surface area contributed by atoms with Gasteiger partial charge in [0, 0.05) is 24.9 Å². The van der Waals surface area contributed by atoms with E-state index in [2.05, 4.69) is 36.1 Å². The summed E-state index contributed by atoms with van der Waals surface area (Å²) in [7, 11) is 0. The molecule has 16 heavy (non-hydrogen) atoms. The van der Waals surface area contributed by atoms with Gasteiger partial charge in [-0.25, -0.2) is 4.98 Å². The van der Waals surface area contributed by atoms with Crippen molar-refractivity contribution >= 4 is 0 Å². The Morgan fingerprint density at radius 1 is 1.31 bits per heavy atom. The second kappa shape index (κ2) is 7.44. The lowest BCUT2D eigenvalue weighted by Crippen LogP contribution is -2.38. The number of hydrogen-bond donors (Lipinski definition) is 2. The van der Waals surface area contributed by atoms with Crippen LogP contribution in [0.15, 0.2) is 12.4 Å². The van der Waals surface area contributed by atoms with E-state index >= 15 is 0 Å². The van der Waals surface area contributed by atoms with Gasteiger partial charge in [0.15, 0.2) is 0 Å². The van der Waals surface area contributed by atoms with Gasteiger partial charge in [-0.3, -0.25) is 0 Å². The van der Waals surface area contributed by atoms with Crippen molar-refractivity contribution in [3.05, 3.63) is 18.2 Å². The molecule has 0 aliphatic heterocycles. The van der Waals surface area contributed by atoms with Gasteiger partial charge in [-0.1, -0.05) is 33.6 Å². The Labute approximate surface area is 99.1 Å². The predicted octanol–water partition coefficient (Wildman–Crippen LogP) is 2.76. The van der Waals surface area contributed by atoms with E-state index in [4.69, 9.17) is 0 Å². The van der Waals surface area contributed by atoms with E-state index in [1.54, 1.807) is 0 Å². The van der Waals surface area contributed by atoms with Gasteiger partial charge in [-0.2, -0.15) is 0 Å². The standard InChI is InChI=1S/C13H25N3/c1-4-7-14-12(11(5-2)6-3)10-13-15-8-9-16-13/h8-9,11-12,14H,4-7,10H2,1-3H3,(H,15,16). The minimum Gasteiger partial charge on any atom is -0.349 e. The third-order valence-electron chi connectivity index (χ3n) is 3.24. The predicted molar refractivity (Wildman–Crippen MR) is 68.4 cm³/mol. The second-order valence-electron chi connectivity index (χ2n) is 4.38. The SMILES string of the molecule is CCCNC(Cc1ncc[nH]1)C(CC)CC. The van der Waals surface area contributed by atoms with Gasteiger partial charge >= 0.3 is 0 Å². The van der Waals surface area contributed by atoms with Crippen LogP contribution in [0, 0.1) is 5.92 Å². The Kier molecular flexibility index (Phi) is 6.16. The average molecular weight is 223 g/mol. The van der Waals surface area contributed by atoms with Gasteiger partial charge in [-0.05, 0) is 18.9 Å². The summed E-state index contributed by atoms with van der Waals surface area (Å²) >= 11 is 0. The van der Waals surface area contributed by atoms with Crippen molar-refractivity contribution in [3.8, 4) is 0 Å². The quantitative estimate of drug-likeness (QED) is 0.711. The van der Waals surface area contributed by atoms with Crippen molar-refractivity contribution in [3.63, 3.8) is 0 Å². The first-order chi connectivity index (χ1) is 7.81. The van der Waals surface area contributed by atoms with Crippen LogP contribution in [0.25, 0.3) is 0 Å². The number of nitrogens with one attached hydrogen (secondary N) is 2. The van der Waals surface area contributed by atoms with Crippen LogP contribution < -0.4 is 5.32 Å². The molecule has 0 aromatic carbocycles. The monoisotopic (exact) mass is 223 g/mol. The van der Waals surface area contributed by atoms with Crippen LogP contribution in [-0.4, -0.2) is 22.6 Å². The maximum atomic E-state index is 4.32. The van der Waals surface area contributed by atoms with E-state index < -0.39 is 0 Å². The molecule has 0 fully saturated rings. The highest BCUT2D eigenvalue weighted by molar-refractivity contribution is 4.92. The van der Waals surface area contributed by atoms with Crippen molar-refractivity contribution in [1.82, 2.24) is 15.3 Å². The first-order valence-electron chi connectivity index (χ1n) is 6.53. The molecule has 0 bridgehead atoms. The highest BCUT2D eigenvalue weighted by Gasteiger charge is 2.18. The molecule has 1 heterocycles. The number of imidazole rings is 1. The van der Waals surface area contributed by atoms with Crippen LogP contribution in [0.4, 0.5) is 0 Å². The van der Waals surface area contributed by atoms with E-state index in [0.29, 0.717) is 6.04 Å². The van der Waals surface area contributed by atoms with Crippen LogP contribution in [0.3, 0.4) is 0 Å². The van der Waals surface area contributed by atoms with Gasteiger partial charge in [0.1, 0.15) is 5.82 Å². The zero-order valence-electron chi connectivity index (χ0n) is 10.8. The summed E-state index contributed by atoms with van der Waals surface area (Å²) < 4.78 is 0. The lowest BCUT2D eigenvalue weighted by atomic mass is 9.91. The first kappa shape index (κ1) is 13.2. The van der Waals surface area contributed by atoms with Gasteiger partial charge in [0.2, 0.25) is 0 Å². The van der Waals surface area contributed by atoms with E-state index in [1.807, 2.05) is 12.4 Å². The molecule has 1 aromatic rings. The molecule has 0 amide bonds. The molecule has 1 unspecified atom stereocenters. The van der Waals surface area contributed by atoms with Crippen LogP contribution in [-0.2, 0) is 6.42 Å².